The first-order chi connectivity index (χ1) is 9.19. The van der Waals surface area contributed by atoms with Crippen molar-refractivity contribution in [2.45, 2.75) is 13.5 Å². The Morgan fingerprint density at radius 3 is 2.79 bits per heavy atom. The maximum Gasteiger partial charge on any atom is 0.249 e. The Bertz CT molecular complexity index is 587. The van der Waals surface area contributed by atoms with Crippen molar-refractivity contribution < 1.29 is 4.79 Å². The minimum atomic E-state index is -0.190. The van der Waals surface area contributed by atoms with Crippen LogP contribution in [-0.2, 0) is 11.3 Å². The molecular formula is C14H14ClN3O. The molecule has 98 valence electrons. The van der Waals surface area contributed by atoms with Crippen molar-refractivity contribution in [1.29, 1.82) is 0 Å². The monoisotopic (exact) mass is 275 g/mol. The van der Waals surface area contributed by atoms with Crippen molar-refractivity contribution in [3.8, 4) is 0 Å². The van der Waals surface area contributed by atoms with Crippen LogP contribution in [0.3, 0.4) is 0 Å². The molecule has 1 heterocycles. The zero-order valence-corrected chi connectivity index (χ0v) is 11.3. The molecule has 0 radical (unpaired) electrons. The van der Waals surface area contributed by atoms with Gasteiger partial charge in [0.2, 0.25) is 5.91 Å². The largest absolute Gasteiger partial charge is 0.307 e. The van der Waals surface area contributed by atoms with Crippen LogP contribution in [0.4, 0.5) is 5.82 Å². The third-order valence-electron chi connectivity index (χ3n) is 2.56. The quantitative estimate of drug-likeness (QED) is 0.871. The molecule has 19 heavy (non-hydrogen) atoms. The lowest BCUT2D eigenvalue weighted by molar-refractivity contribution is -0.111. The van der Waals surface area contributed by atoms with Crippen LogP contribution in [-0.4, -0.2) is 15.7 Å². The van der Waals surface area contributed by atoms with Crippen molar-refractivity contribution in [2.24, 2.45) is 0 Å². The predicted octanol–water partition coefficient (Wildman–Crippen LogP) is 3.21. The normalized spacial score (nSPS) is 10.8. The number of anilines is 1. The van der Waals surface area contributed by atoms with Crippen LogP contribution in [0.5, 0.6) is 0 Å². The van der Waals surface area contributed by atoms with Gasteiger partial charge in [0, 0.05) is 23.7 Å². The highest BCUT2D eigenvalue weighted by molar-refractivity contribution is 6.30. The molecule has 0 aliphatic heterocycles. The Hall–Kier alpha value is -2.07. The number of benzene rings is 1. The first kappa shape index (κ1) is 13.4. The second kappa shape index (κ2) is 6.20. The van der Waals surface area contributed by atoms with Gasteiger partial charge in [-0.2, -0.15) is 5.10 Å². The lowest BCUT2D eigenvalue weighted by Gasteiger charge is -2.04. The van der Waals surface area contributed by atoms with Crippen LogP contribution < -0.4 is 5.32 Å². The summed E-state index contributed by atoms with van der Waals surface area (Å²) in [6, 6.07) is 9.03. The highest BCUT2D eigenvalue weighted by Crippen LogP contribution is 2.11. The van der Waals surface area contributed by atoms with Gasteiger partial charge in [0.15, 0.2) is 0 Å². The van der Waals surface area contributed by atoms with Gasteiger partial charge in [-0.25, -0.2) is 4.68 Å². The molecule has 0 aliphatic rings. The van der Waals surface area contributed by atoms with Crippen molar-refractivity contribution in [2.75, 3.05) is 5.32 Å². The van der Waals surface area contributed by atoms with Gasteiger partial charge < -0.3 is 5.32 Å². The number of halogens is 1. The fourth-order valence-electron chi connectivity index (χ4n) is 1.60. The molecule has 2 rings (SSSR count). The molecule has 1 amide bonds. The summed E-state index contributed by atoms with van der Waals surface area (Å²) in [4.78, 5) is 11.8. The van der Waals surface area contributed by atoms with Gasteiger partial charge in [-0.15, -0.1) is 0 Å². The summed E-state index contributed by atoms with van der Waals surface area (Å²) in [6.45, 7) is 2.68. The second-order valence-corrected chi connectivity index (χ2v) is 4.34. The van der Waals surface area contributed by atoms with E-state index in [9.17, 15) is 4.79 Å². The highest BCUT2D eigenvalue weighted by Gasteiger charge is 2.02. The van der Waals surface area contributed by atoms with Crippen LogP contribution in [0.25, 0.3) is 6.08 Å². The van der Waals surface area contributed by atoms with Crippen LogP contribution in [0.15, 0.2) is 42.6 Å². The number of amides is 1. The first-order valence-electron chi connectivity index (χ1n) is 5.95. The summed E-state index contributed by atoms with van der Waals surface area (Å²) >= 11 is 5.79. The van der Waals surface area contributed by atoms with Crippen LogP contribution >= 0.6 is 11.6 Å². The molecule has 5 heteroatoms. The maximum atomic E-state index is 11.8. The lowest BCUT2D eigenvalue weighted by Crippen LogP contribution is -2.12. The summed E-state index contributed by atoms with van der Waals surface area (Å²) in [6.07, 6.45) is 4.87. The second-order valence-electron chi connectivity index (χ2n) is 3.91. The number of aryl methyl sites for hydroxylation is 1. The molecule has 0 bridgehead atoms. The number of hydrogen-bond acceptors (Lipinski definition) is 2. The summed E-state index contributed by atoms with van der Waals surface area (Å²) in [5.41, 5.74) is 0.920. The van der Waals surface area contributed by atoms with E-state index in [-0.39, 0.29) is 5.91 Å². The van der Waals surface area contributed by atoms with E-state index in [2.05, 4.69) is 10.4 Å². The molecule has 0 saturated carbocycles. The average Bonchev–Trinajstić information content (AvgIpc) is 2.85. The number of aromatic nitrogens is 2. The average molecular weight is 276 g/mol. The van der Waals surface area contributed by atoms with Crippen molar-refractivity contribution >= 4 is 29.4 Å². The number of rotatable bonds is 4. The molecule has 0 aliphatic carbocycles. The molecule has 2 aromatic rings. The highest BCUT2D eigenvalue weighted by atomic mass is 35.5. The zero-order valence-electron chi connectivity index (χ0n) is 10.5. The maximum absolute atomic E-state index is 11.8. The Morgan fingerprint density at radius 1 is 1.37 bits per heavy atom. The summed E-state index contributed by atoms with van der Waals surface area (Å²) in [7, 11) is 0. The summed E-state index contributed by atoms with van der Waals surface area (Å²) in [5.74, 6) is 0.499. The number of carbonyl (C=O) groups excluding carboxylic acids is 1. The fraction of sp³-hybridized carbons (Fsp3) is 0.143. The summed E-state index contributed by atoms with van der Waals surface area (Å²) < 4.78 is 1.72. The van der Waals surface area contributed by atoms with Gasteiger partial charge in [-0.3, -0.25) is 4.79 Å². The van der Waals surface area contributed by atoms with E-state index in [4.69, 9.17) is 11.6 Å². The number of hydrogen-bond donors (Lipinski definition) is 1. The van der Waals surface area contributed by atoms with E-state index in [1.165, 1.54) is 6.08 Å². The zero-order chi connectivity index (χ0) is 13.7. The minimum Gasteiger partial charge on any atom is -0.307 e. The van der Waals surface area contributed by atoms with Crippen molar-refractivity contribution in [3.05, 3.63) is 53.2 Å². The predicted molar refractivity (Wildman–Crippen MR) is 77.0 cm³/mol. The molecule has 0 saturated heterocycles. The molecule has 4 nitrogen and oxygen atoms in total. The Kier molecular flexibility index (Phi) is 4.36. The van der Waals surface area contributed by atoms with Crippen molar-refractivity contribution in [3.63, 3.8) is 0 Å². The third kappa shape index (κ3) is 3.69. The van der Waals surface area contributed by atoms with Gasteiger partial charge in [-0.1, -0.05) is 23.7 Å². The van der Waals surface area contributed by atoms with Crippen LogP contribution in [0, 0.1) is 0 Å². The Labute approximate surface area is 116 Å². The minimum absolute atomic E-state index is 0.190. The SMILES string of the molecule is CCn1nccc1NC(=O)C=Cc1ccc(Cl)cc1. The van der Waals surface area contributed by atoms with Crippen molar-refractivity contribution in [1.82, 2.24) is 9.78 Å². The van der Waals surface area contributed by atoms with Gasteiger partial charge >= 0.3 is 0 Å². The molecule has 1 N–H and O–H groups in total. The van der Waals surface area contributed by atoms with Crippen LogP contribution in [0.2, 0.25) is 5.02 Å². The Morgan fingerprint density at radius 2 is 2.11 bits per heavy atom. The van der Waals surface area contributed by atoms with Gasteiger partial charge in [-0.05, 0) is 30.7 Å². The fourth-order valence-corrected chi connectivity index (χ4v) is 1.73. The summed E-state index contributed by atoms with van der Waals surface area (Å²) in [5, 5.41) is 7.53. The molecule has 1 aromatic carbocycles. The van der Waals surface area contributed by atoms with E-state index in [0.717, 1.165) is 5.56 Å². The third-order valence-corrected chi connectivity index (χ3v) is 2.82. The van der Waals surface area contributed by atoms with Gasteiger partial charge in [0.1, 0.15) is 5.82 Å². The molecule has 0 atom stereocenters. The lowest BCUT2D eigenvalue weighted by atomic mass is 10.2. The van der Waals surface area contributed by atoms with E-state index in [1.54, 1.807) is 35.2 Å². The number of carbonyl (C=O) groups is 1. The van der Waals surface area contributed by atoms with Crippen LogP contribution in [0.1, 0.15) is 12.5 Å². The van der Waals surface area contributed by atoms with E-state index >= 15 is 0 Å². The van der Waals surface area contributed by atoms with E-state index in [0.29, 0.717) is 17.4 Å². The molecule has 1 aromatic heterocycles. The van der Waals surface area contributed by atoms with Gasteiger partial charge in [0.25, 0.3) is 0 Å². The number of nitrogens with zero attached hydrogens (tertiary/aromatic N) is 2. The first-order valence-corrected chi connectivity index (χ1v) is 6.33. The smallest absolute Gasteiger partial charge is 0.249 e. The topological polar surface area (TPSA) is 46.9 Å². The molecule has 0 fully saturated rings. The standard InChI is InChI=1S/C14H14ClN3O/c1-2-18-13(9-10-16-18)17-14(19)8-5-11-3-6-12(15)7-4-11/h3-10H,2H2,1H3,(H,17,19). The number of nitrogens with one attached hydrogen (secondary N) is 1. The molecule has 0 unspecified atom stereocenters. The van der Waals surface area contributed by atoms with E-state index < -0.39 is 0 Å². The van der Waals surface area contributed by atoms with Gasteiger partial charge in [0.05, 0.1) is 6.20 Å². The molecule has 0 spiro atoms. The van der Waals surface area contributed by atoms with E-state index in [1.807, 2.05) is 19.1 Å². The Balaban J connectivity index is 1.99. The molecular weight excluding hydrogens is 262 g/mol.